The van der Waals surface area contributed by atoms with E-state index in [4.69, 9.17) is 11.6 Å². The van der Waals surface area contributed by atoms with Crippen molar-refractivity contribution in [3.05, 3.63) is 65.7 Å². The summed E-state index contributed by atoms with van der Waals surface area (Å²) < 4.78 is 1.78. The fraction of sp³-hybridized carbons (Fsp3) is 0.154. The second-order valence-corrected chi connectivity index (χ2v) is 4.28. The Kier molecular flexibility index (Phi) is 3.61. The third kappa shape index (κ3) is 2.75. The van der Waals surface area contributed by atoms with Gasteiger partial charge in [0.15, 0.2) is 0 Å². The fourth-order valence-corrected chi connectivity index (χ4v) is 1.80. The predicted molar refractivity (Wildman–Crippen MR) is 67.7 cm³/mol. The number of aliphatic hydroxyl groups excluding tert-OH is 1. The van der Waals surface area contributed by atoms with Crippen LogP contribution in [0.25, 0.3) is 0 Å². The molecular formula is C13H13ClN2O. The largest absolute Gasteiger partial charge is 0.380 e. The first-order chi connectivity index (χ1) is 8.18. The van der Waals surface area contributed by atoms with E-state index in [1.165, 1.54) is 0 Å². The molecule has 1 aromatic heterocycles. The van der Waals surface area contributed by atoms with Gasteiger partial charge in [-0.2, -0.15) is 0 Å². The Morgan fingerprint density at radius 1 is 1.41 bits per heavy atom. The molecule has 0 bridgehead atoms. The topological polar surface area (TPSA) is 38.0 Å². The number of imidazole rings is 1. The van der Waals surface area contributed by atoms with E-state index in [0.29, 0.717) is 17.4 Å². The minimum absolute atomic E-state index is 0.445. The smallest absolute Gasteiger partial charge is 0.142 e. The number of hydrogen-bond donors (Lipinski definition) is 1. The van der Waals surface area contributed by atoms with Gasteiger partial charge in [0.05, 0.1) is 6.54 Å². The molecule has 1 N–H and O–H groups in total. The summed E-state index contributed by atoms with van der Waals surface area (Å²) in [5.74, 6) is 0.568. The molecule has 0 radical (unpaired) electrons. The van der Waals surface area contributed by atoms with Gasteiger partial charge in [-0.3, -0.25) is 0 Å². The van der Waals surface area contributed by atoms with Gasteiger partial charge in [0.25, 0.3) is 0 Å². The zero-order chi connectivity index (χ0) is 12.3. The number of rotatable bonds is 4. The van der Waals surface area contributed by atoms with Crippen LogP contribution in [0.2, 0.25) is 0 Å². The number of hydrogen-bond acceptors (Lipinski definition) is 2. The van der Waals surface area contributed by atoms with Crippen LogP contribution in [0.3, 0.4) is 0 Å². The highest BCUT2D eigenvalue weighted by Gasteiger charge is 2.15. The Hall–Kier alpha value is -1.58. The quantitative estimate of drug-likeness (QED) is 0.904. The minimum Gasteiger partial charge on any atom is -0.380 e. The third-order valence-corrected chi connectivity index (χ3v) is 2.57. The van der Waals surface area contributed by atoms with E-state index in [-0.39, 0.29) is 0 Å². The van der Waals surface area contributed by atoms with Gasteiger partial charge in [0.2, 0.25) is 0 Å². The Labute approximate surface area is 105 Å². The molecule has 2 rings (SSSR count). The lowest BCUT2D eigenvalue weighted by Crippen LogP contribution is -2.09. The Morgan fingerprint density at radius 2 is 2.12 bits per heavy atom. The molecule has 0 saturated carbocycles. The normalized spacial score (nSPS) is 12.4. The molecule has 17 heavy (non-hydrogen) atoms. The van der Waals surface area contributed by atoms with Crippen molar-refractivity contribution in [3.63, 3.8) is 0 Å². The molecule has 0 spiro atoms. The Bertz CT molecular complexity index is 507. The van der Waals surface area contributed by atoms with Gasteiger partial charge in [-0.1, -0.05) is 48.5 Å². The van der Waals surface area contributed by atoms with Gasteiger partial charge in [0.1, 0.15) is 11.9 Å². The van der Waals surface area contributed by atoms with Crippen LogP contribution in [0, 0.1) is 0 Å². The minimum atomic E-state index is -0.748. The van der Waals surface area contributed by atoms with Crippen molar-refractivity contribution in [1.82, 2.24) is 9.55 Å². The van der Waals surface area contributed by atoms with Crippen molar-refractivity contribution < 1.29 is 5.11 Å². The lowest BCUT2D eigenvalue weighted by atomic mass is 10.1. The van der Waals surface area contributed by atoms with Gasteiger partial charge in [-0.05, 0) is 5.56 Å². The zero-order valence-electron chi connectivity index (χ0n) is 9.25. The molecule has 0 aliphatic rings. The van der Waals surface area contributed by atoms with Crippen molar-refractivity contribution in [3.8, 4) is 0 Å². The second-order valence-electron chi connectivity index (χ2n) is 3.74. The summed E-state index contributed by atoms with van der Waals surface area (Å²) in [4.78, 5) is 4.16. The first-order valence-corrected chi connectivity index (χ1v) is 5.63. The third-order valence-electron chi connectivity index (χ3n) is 2.45. The standard InChI is InChI=1S/C13H13ClN2O/c1-10(14)9-16-8-7-15-13(16)12(17)11-5-3-2-4-6-11/h2-8,12,17H,1,9H2/t12-/m0/s1. The van der Waals surface area contributed by atoms with E-state index < -0.39 is 6.10 Å². The molecule has 4 heteroatoms. The van der Waals surface area contributed by atoms with E-state index in [1.807, 2.05) is 30.3 Å². The van der Waals surface area contributed by atoms with E-state index in [2.05, 4.69) is 11.6 Å². The summed E-state index contributed by atoms with van der Waals surface area (Å²) in [7, 11) is 0. The highest BCUT2D eigenvalue weighted by atomic mass is 35.5. The first-order valence-electron chi connectivity index (χ1n) is 5.26. The Morgan fingerprint density at radius 3 is 2.76 bits per heavy atom. The van der Waals surface area contributed by atoms with E-state index in [1.54, 1.807) is 17.0 Å². The predicted octanol–water partition coefficient (Wildman–Crippen LogP) is 2.72. The average Bonchev–Trinajstić information content (AvgIpc) is 2.76. The molecule has 0 unspecified atom stereocenters. The number of benzene rings is 1. The van der Waals surface area contributed by atoms with Crippen LogP contribution < -0.4 is 0 Å². The lowest BCUT2D eigenvalue weighted by Gasteiger charge is -2.13. The van der Waals surface area contributed by atoms with Crippen molar-refractivity contribution in [2.45, 2.75) is 12.6 Å². The van der Waals surface area contributed by atoms with Gasteiger partial charge in [-0.15, -0.1) is 0 Å². The van der Waals surface area contributed by atoms with Gasteiger partial charge in [-0.25, -0.2) is 4.98 Å². The summed E-state index contributed by atoms with van der Waals surface area (Å²) >= 11 is 5.77. The molecule has 0 saturated heterocycles. The first kappa shape index (κ1) is 11.9. The number of nitrogens with zero attached hydrogens (tertiary/aromatic N) is 2. The van der Waals surface area contributed by atoms with Crippen LogP contribution in [0.4, 0.5) is 0 Å². The maximum atomic E-state index is 10.2. The van der Waals surface area contributed by atoms with Crippen LogP contribution in [0.5, 0.6) is 0 Å². The molecular weight excluding hydrogens is 236 g/mol. The fourth-order valence-electron chi connectivity index (χ4n) is 1.67. The van der Waals surface area contributed by atoms with Crippen molar-refractivity contribution in [2.75, 3.05) is 0 Å². The van der Waals surface area contributed by atoms with E-state index in [9.17, 15) is 5.11 Å². The van der Waals surface area contributed by atoms with Gasteiger partial charge >= 0.3 is 0 Å². The zero-order valence-corrected chi connectivity index (χ0v) is 10.0. The number of aromatic nitrogens is 2. The molecule has 2 aromatic rings. The molecule has 88 valence electrons. The van der Waals surface area contributed by atoms with Gasteiger partial charge < -0.3 is 9.67 Å². The molecule has 0 fully saturated rings. The molecule has 1 heterocycles. The number of allylic oxidation sites excluding steroid dienone is 1. The molecule has 0 amide bonds. The maximum absolute atomic E-state index is 10.2. The van der Waals surface area contributed by atoms with Crippen molar-refractivity contribution in [2.24, 2.45) is 0 Å². The summed E-state index contributed by atoms with van der Waals surface area (Å²) in [6.07, 6.45) is 2.67. The SMILES string of the molecule is C=C(Cl)Cn1ccnc1[C@@H](O)c1ccccc1. The van der Waals surface area contributed by atoms with Crippen LogP contribution in [0.1, 0.15) is 17.5 Å². The van der Waals surface area contributed by atoms with E-state index >= 15 is 0 Å². The highest BCUT2D eigenvalue weighted by molar-refractivity contribution is 6.29. The van der Waals surface area contributed by atoms with Gasteiger partial charge in [0, 0.05) is 17.4 Å². The molecule has 0 aliphatic heterocycles. The number of halogens is 1. The molecule has 3 nitrogen and oxygen atoms in total. The van der Waals surface area contributed by atoms with Crippen molar-refractivity contribution in [1.29, 1.82) is 0 Å². The van der Waals surface area contributed by atoms with Crippen LogP contribution in [0.15, 0.2) is 54.3 Å². The summed E-state index contributed by atoms with van der Waals surface area (Å²) in [5, 5.41) is 10.7. The average molecular weight is 249 g/mol. The second kappa shape index (κ2) is 5.17. The molecule has 0 aliphatic carbocycles. The maximum Gasteiger partial charge on any atom is 0.142 e. The monoisotopic (exact) mass is 248 g/mol. The Balaban J connectivity index is 2.28. The summed E-state index contributed by atoms with van der Waals surface area (Å²) in [5.41, 5.74) is 0.806. The van der Waals surface area contributed by atoms with Crippen LogP contribution in [-0.2, 0) is 6.54 Å². The summed E-state index contributed by atoms with van der Waals surface area (Å²) in [6, 6.07) is 9.39. The number of aliphatic hydroxyl groups is 1. The van der Waals surface area contributed by atoms with Crippen LogP contribution >= 0.6 is 11.6 Å². The summed E-state index contributed by atoms with van der Waals surface area (Å²) in [6.45, 7) is 4.08. The highest BCUT2D eigenvalue weighted by Crippen LogP contribution is 2.20. The lowest BCUT2D eigenvalue weighted by molar-refractivity contribution is 0.205. The molecule has 1 aromatic carbocycles. The van der Waals surface area contributed by atoms with Crippen molar-refractivity contribution >= 4 is 11.6 Å². The van der Waals surface area contributed by atoms with E-state index in [0.717, 1.165) is 5.56 Å². The molecule has 1 atom stereocenters. The van der Waals surface area contributed by atoms with Crippen LogP contribution in [-0.4, -0.2) is 14.7 Å².